The molecule has 92 valence electrons. The Hall–Kier alpha value is -1.75. The van der Waals surface area contributed by atoms with E-state index in [-0.39, 0.29) is 0 Å². The van der Waals surface area contributed by atoms with Gasteiger partial charge in [0.2, 0.25) is 0 Å². The number of aryl methyl sites for hydroxylation is 1. The predicted molar refractivity (Wildman–Crippen MR) is 62.8 cm³/mol. The first-order valence-corrected chi connectivity index (χ1v) is 5.32. The zero-order valence-electron chi connectivity index (χ0n) is 9.41. The summed E-state index contributed by atoms with van der Waals surface area (Å²) in [6, 6.07) is 3.32. The summed E-state index contributed by atoms with van der Waals surface area (Å²) in [7, 11) is 0. The third-order valence-corrected chi connectivity index (χ3v) is 2.54. The second kappa shape index (κ2) is 5.54. The summed E-state index contributed by atoms with van der Waals surface area (Å²) in [6.07, 6.45) is 0. The van der Waals surface area contributed by atoms with Gasteiger partial charge in [0.15, 0.2) is 0 Å². The van der Waals surface area contributed by atoms with Crippen LogP contribution in [0.5, 0.6) is 0 Å². The van der Waals surface area contributed by atoms with E-state index in [1.807, 2.05) is 6.92 Å². The molecule has 0 fully saturated rings. The van der Waals surface area contributed by atoms with Crippen molar-refractivity contribution in [2.45, 2.75) is 19.9 Å². The first kappa shape index (κ1) is 13.3. The zero-order chi connectivity index (χ0) is 13.0. The molecule has 5 nitrogen and oxygen atoms in total. The van der Waals surface area contributed by atoms with Crippen molar-refractivity contribution in [3.8, 4) is 0 Å². The van der Waals surface area contributed by atoms with E-state index < -0.39 is 18.0 Å². The molecule has 1 aromatic carbocycles. The Labute approximate surface area is 104 Å². The van der Waals surface area contributed by atoms with Crippen LogP contribution in [0.4, 0.5) is 10.5 Å². The van der Waals surface area contributed by atoms with E-state index in [2.05, 4.69) is 10.6 Å². The normalized spacial score (nSPS) is 11.7. The summed E-state index contributed by atoms with van der Waals surface area (Å²) < 4.78 is 0. The molecule has 0 spiro atoms. The first-order chi connectivity index (χ1) is 7.90. The van der Waals surface area contributed by atoms with Crippen molar-refractivity contribution >= 4 is 29.3 Å². The van der Waals surface area contributed by atoms with Crippen LogP contribution in [0.15, 0.2) is 18.2 Å². The molecular formula is C11H12ClN2O3-. The summed E-state index contributed by atoms with van der Waals surface area (Å²) in [4.78, 5) is 21.8. The molecule has 0 saturated heterocycles. The zero-order valence-corrected chi connectivity index (χ0v) is 10.2. The SMILES string of the molecule is Cc1ccc(NC(=O)N[C@@H](C)C(=O)[O-])cc1Cl. The Balaban J connectivity index is 2.62. The topological polar surface area (TPSA) is 81.3 Å². The van der Waals surface area contributed by atoms with E-state index in [4.69, 9.17) is 11.6 Å². The number of amides is 2. The molecule has 0 aliphatic rings. The highest BCUT2D eigenvalue weighted by Crippen LogP contribution is 2.19. The molecule has 1 rings (SSSR count). The van der Waals surface area contributed by atoms with Gasteiger partial charge in [-0.15, -0.1) is 0 Å². The number of halogens is 1. The molecule has 1 atom stereocenters. The van der Waals surface area contributed by atoms with Crippen LogP contribution < -0.4 is 15.7 Å². The maximum atomic E-state index is 11.4. The molecule has 17 heavy (non-hydrogen) atoms. The lowest BCUT2D eigenvalue weighted by molar-refractivity contribution is -0.307. The number of rotatable bonds is 3. The van der Waals surface area contributed by atoms with Gasteiger partial charge in [0, 0.05) is 10.7 Å². The van der Waals surface area contributed by atoms with Crippen LogP contribution in [0.25, 0.3) is 0 Å². The molecule has 2 N–H and O–H groups in total. The highest BCUT2D eigenvalue weighted by atomic mass is 35.5. The quantitative estimate of drug-likeness (QED) is 0.842. The van der Waals surface area contributed by atoms with Crippen LogP contribution in [-0.2, 0) is 4.79 Å². The Morgan fingerprint density at radius 1 is 1.41 bits per heavy atom. The van der Waals surface area contributed by atoms with Crippen molar-refractivity contribution < 1.29 is 14.7 Å². The van der Waals surface area contributed by atoms with E-state index in [0.717, 1.165) is 5.56 Å². The number of carboxylic acid groups (broad SMARTS) is 1. The summed E-state index contributed by atoms with van der Waals surface area (Å²) in [5.41, 5.74) is 1.38. The molecular weight excluding hydrogens is 244 g/mol. The maximum Gasteiger partial charge on any atom is 0.319 e. The van der Waals surface area contributed by atoms with E-state index in [0.29, 0.717) is 10.7 Å². The lowest BCUT2D eigenvalue weighted by Crippen LogP contribution is -2.47. The smallest absolute Gasteiger partial charge is 0.319 e. The van der Waals surface area contributed by atoms with Crippen LogP contribution in [0.1, 0.15) is 12.5 Å². The Kier molecular flexibility index (Phi) is 4.34. The highest BCUT2D eigenvalue weighted by molar-refractivity contribution is 6.31. The van der Waals surface area contributed by atoms with E-state index in [1.54, 1.807) is 18.2 Å². The third kappa shape index (κ3) is 3.96. The van der Waals surface area contributed by atoms with Crippen molar-refractivity contribution in [2.75, 3.05) is 5.32 Å². The van der Waals surface area contributed by atoms with Gasteiger partial charge in [0.05, 0.1) is 12.0 Å². The minimum Gasteiger partial charge on any atom is -0.548 e. The minimum atomic E-state index is -1.35. The minimum absolute atomic E-state index is 0.489. The van der Waals surface area contributed by atoms with Crippen molar-refractivity contribution in [1.82, 2.24) is 5.32 Å². The summed E-state index contributed by atoms with van der Waals surface area (Å²) in [5, 5.41) is 15.6. The fourth-order valence-electron chi connectivity index (χ4n) is 1.09. The molecule has 2 amide bonds. The van der Waals surface area contributed by atoms with Gasteiger partial charge < -0.3 is 20.5 Å². The van der Waals surface area contributed by atoms with Crippen LogP contribution in [-0.4, -0.2) is 18.0 Å². The van der Waals surface area contributed by atoms with Gasteiger partial charge >= 0.3 is 6.03 Å². The fraction of sp³-hybridized carbons (Fsp3) is 0.273. The second-order valence-electron chi connectivity index (χ2n) is 3.60. The molecule has 6 heteroatoms. The van der Waals surface area contributed by atoms with E-state index >= 15 is 0 Å². The number of carboxylic acids is 1. The molecule has 0 heterocycles. The van der Waals surface area contributed by atoms with Gasteiger partial charge in [-0.25, -0.2) is 4.79 Å². The van der Waals surface area contributed by atoms with Gasteiger partial charge in [-0.1, -0.05) is 17.7 Å². The number of hydrogen-bond acceptors (Lipinski definition) is 3. The average molecular weight is 256 g/mol. The standard InChI is InChI=1S/C11H13ClN2O3/c1-6-3-4-8(5-9(6)12)14-11(17)13-7(2)10(15)16/h3-5,7H,1-2H3,(H,15,16)(H2,13,14,17)/p-1/t7-/m0/s1. The van der Waals surface area contributed by atoms with Gasteiger partial charge in [-0.2, -0.15) is 0 Å². The largest absolute Gasteiger partial charge is 0.548 e. The van der Waals surface area contributed by atoms with Crippen LogP contribution in [0.2, 0.25) is 5.02 Å². The molecule has 0 aliphatic heterocycles. The van der Waals surface area contributed by atoms with Crippen molar-refractivity contribution in [3.05, 3.63) is 28.8 Å². The molecule has 0 aromatic heterocycles. The number of hydrogen-bond donors (Lipinski definition) is 2. The van der Waals surface area contributed by atoms with Gasteiger partial charge in [0.1, 0.15) is 0 Å². The van der Waals surface area contributed by atoms with E-state index in [1.165, 1.54) is 6.92 Å². The molecule has 0 radical (unpaired) electrons. The molecule has 0 saturated carbocycles. The molecule has 0 unspecified atom stereocenters. The lowest BCUT2D eigenvalue weighted by atomic mass is 10.2. The number of aliphatic carboxylic acids is 1. The number of benzene rings is 1. The van der Waals surface area contributed by atoms with E-state index in [9.17, 15) is 14.7 Å². The number of urea groups is 1. The second-order valence-corrected chi connectivity index (χ2v) is 4.01. The van der Waals surface area contributed by atoms with Gasteiger partial charge in [-0.3, -0.25) is 0 Å². The van der Waals surface area contributed by atoms with Gasteiger partial charge in [0.25, 0.3) is 0 Å². The van der Waals surface area contributed by atoms with Crippen molar-refractivity contribution in [3.63, 3.8) is 0 Å². The fourth-order valence-corrected chi connectivity index (χ4v) is 1.27. The van der Waals surface area contributed by atoms with Crippen LogP contribution in [0, 0.1) is 6.92 Å². The number of carbonyl (C=O) groups is 2. The van der Waals surface area contributed by atoms with Crippen molar-refractivity contribution in [1.29, 1.82) is 0 Å². The lowest BCUT2D eigenvalue weighted by Gasteiger charge is -2.15. The monoisotopic (exact) mass is 255 g/mol. The summed E-state index contributed by atoms with van der Waals surface area (Å²) in [5.74, 6) is -1.35. The summed E-state index contributed by atoms with van der Waals surface area (Å²) in [6.45, 7) is 3.15. The first-order valence-electron chi connectivity index (χ1n) is 4.94. The Bertz CT molecular complexity index is 448. The number of carbonyl (C=O) groups excluding carboxylic acids is 2. The average Bonchev–Trinajstić information content (AvgIpc) is 2.23. The maximum absolute atomic E-state index is 11.4. The van der Waals surface area contributed by atoms with Crippen molar-refractivity contribution in [2.24, 2.45) is 0 Å². The highest BCUT2D eigenvalue weighted by Gasteiger charge is 2.08. The van der Waals surface area contributed by atoms with Crippen LogP contribution >= 0.6 is 11.6 Å². The molecule has 0 aliphatic carbocycles. The predicted octanol–water partition coefficient (Wildman–Crippen LogP) is 0.908. The van der Waals surface area contributed by atoms with Crippen LogP contribution in [0.3, 0.4) is 0 Å². The Morgan fingerprint density at radius 2 is 2.06 bits per heavy atom. The third-order valence-electron chi connectivity index (χ3n) is 2.13. The molecule has 1 aromatic rings. The van der Waals surface area contributed by atoms with Gasteiger partial charge in [-0.05, 0) is 31.5 Å². The Morgan fingerprint density at radius 3 is 2.59 bits per heavy atom. The molecule has 0 bridgehead atoms. The number of nitrogens with one attached hydrogen (secondary N) is 2. The summed E-state index contributed by atoms with van der Waals surface area (Å²) >= 11 is 5.88. The number of anilines is 1.